The number of hydrogen-bond acceptors (Lipinski definition) is 6. The van der Waals surface area contributed by atoms with Crippen LogP contribution in [0.5, 0.6) is 0 Å². The van der Waals surface area contributed by atoms with E-state index >= 15 is 0 Å². The van der Waals surface area contributed by atoms with E-state index in [0.717, 1.165) is 12.8 Å². The molecule has 0 spiro atoms. The molecule has 0 saturated heterocycles. The molecule has 158 valence electrons. The number of hydrogen-bond donors (Lipinski definition) is 2. The predicted molar refractivity (Wildman–Crippen MR) is 103 cm³/mol. The molecule has 0 aromatic rings. The smallest absolute Gasteiger partial charge is 0.550 e. The van der Waals surface area contributed by atoms with Crippen LogP contribution in [0.15, 0.2) is 23.8 Å². The van der Waals surface area contributed by atoms with Gasteiger partial charge in [0.1, 0.15) is 6.10 Å². The summed E-state index contributed by atoms with van der Waals surface area (Å²) in [4.78, 5) is 22.7. The summed E-state index contributed by atoms with van der Waals surface area (Å²) in [7, 11) is 0. The van der Waals surface area contributed by atoms with Crippen LogP contribution in [0, 0.1) is 23.7 Å². The Morgan fingerprint density at radius 3 is 2.59 bits per heavy atom. The molecule has 0 fully saturated rings. The monoisotopic (exact) mass is 416 g/mol. The number of aliphatic hydroxyl groups is 2. The molecule has 2 aliphatic carbocycles. The summed E-state index contributed by atoms with van der Waals surface area (Å²) in [5, 5.41) is 30.5. The summed E-state index contributed by atoms with van der Waals surface area (Å²) in [6.07, 6.45) is 6.86. The molecule has 2 aliphatic rings. The fraction of sp³-hybridized carbons (Fsp3) is 0.727. The van der Waals surface area contributed by atoms with Crippen molar-refractivity contribution in [2.45, 2.75) is 77.6 Å². The number of allylic oxidation sites excluding steroid dienone is 3. The van der Waals surface area contributed by atoms with Gasteiger partial charge in [0.2, 0.25) is 0 Å². The molecule has 29 heavy (non-hydrogen) atoms. The van der Waals surface area contributed by atoms with E-state index < -0.39 is 24.6 Å². The molecule has 0 aromatic carbocycles. The first-order chi connectivity index (χ1) is 13.2. The second kappa shape index (κ2) is 12.3. The Morgan fingerprint density at radius 1 is 1.28 bits per heavy atom. The largest absolute Gasteiger partial charge is 1.00 e. The van der Waals surface area contributed by atoms with Crippen molar-refractivity contribution in [1.29, 1.82) is 0 Å². The maximum absolute atomic E-state index is 12.2. The molecular weight excluding hydrogens is 383 g/mol. The maximum Gasteiger partial charge on any atom is 1.00 e. The van der Waals surface area contributed by atoms with Crippen molar-refractivity contribution in [1.82, 2.24) is 0 Å². The number of rotatable bonds is 9. The summed E-state index contributed by atoms with van der Waals surface area (Å²) in [5.74, 6) is -1.07. The van der Waals surface area contributed by atoms with Crippen LogP contribution in [-0.2, 0) is 14.3 Å². The van der Waals surface area contributed by atoms with Gasteiger partial charge in [0.25, 0.3) is 0 Å². The fourth-order valence-electron chi connectivity index (χ4n) is 4.33. The van der Waals surface area contributed by atoms with Crippen LogP contribution >= 0.6 is 0 Å². The van der Waals surface area contributed by atoms with E-state index in [1.54, 1.807) is 0 Å². The Labute approximate surface area is 195 Å². The quantitative estimate of drug-likeness (QED) is 0.359. The van der Waals surface area contributed by atoms with Gasteiger partial charge < -0.3 is 24.9 Å². The zero-order valence-corrected chi connectivity index (χ0v) is 20.0. The van der Waals surface area contributed by atoms with Gasteiger partial charge in [-0.05, 0) is 49.5 Å². The molecule has 6 atom stereocenters. The third-order valence-electron chi connectivity index (χ3n) is 5.86. The van der Waals surface area contributed by atoms with Crippen LogP contribution in [0.2, 0.25) is 0 Å². The van der Waals surface area contributed by atoms with Gasteiger partial charge in [-0.15, -0.1) is 0 Å². The second-order valence-corrected chi connectivity index (χ2v) is 8.52. The van der Waals surface area contributed by atoms with E-state index in [1.165, 1.54) is 5.57 Å². The van der Waals surface area contributed by atoms with E-state index in [1.807, 2.05) is 13.8 Å². The van der Waals surface area contributed by atoms with E-state index in [9.17, 15) is 24.9 Å². The third kappa shape index (κ3) is 7.83. The summed E-state index contributed by atoms with van der Waals surface area (Å²) in [6, 6.07) is 0. The van der Waals surface area contributed by atoms with Gasteiger partial charge in [-0.3, -0.25) is 4.79 Å². The Morgan fingerprint density at radius 2 is 1.97 bits per heavy atom. The molecule has 0 aliphatic heterocycles. The molecule has 0 saturated carbocycles. The first-order valence-electron chi connectivity index (χ1n) is 10.3. The molecule has 0 radical (unpaired) electrons. The van der Waals surface area contributed by atoms with Crippen molar-refractivity contribution in [3.63, 3.8) is 0 Å². The number of carboxylic acids is 1. The number of carbonyl (C=O) groups is 2. The number of esters is 1. The van der Waals surface area contributed by atoms with Crippen molar-refractivity contribution in [3.8, 4) is 0 Å². The minimum atomic E-state index is -1.32. The number of carbonyl (C=O) groups excluding carboxylic acids is 2. The van der Waals surface area contributed by atoms with Gasteiger partial charge in [0.15, 0.2) is 0 Å². The number of ether oxygens (including phenoxy) is 1. The van der Waals surface area contributed by atoms with Crippen molar-refractivity contribution in [2.24, 2.45) is 23.7 Å². The van der Waals surface area contributed by atoms with Crippen LogP contribution in [0.3, 0.4) is 0 Å². The van der Waals surface area contributed by atoms with Crippen LogP contribution in [0.4, 0.5) is 0 Å². The van der Waals surface area contributed by atoms with Gasteiger partial charge in [0, 0.05) is 18.3 Å². The van der Waals surface area contributed by atoms with Gasteiger partial charge in [0.05, 0.1) is 18.1 Å². The van der Waals surface area contributed by atoms with Gasteiger partial charge in [-0.2, -0.15) is 0 Å². The number of aliphatic carboxylic acids is 1. The third-order valence-corrected chi connectivity index (χ3v) is 5.86. The van der Waals surface area contributed by atoms with Crippen LogP contribution in [0.25, 0.3) is 0 Å². The van der Waals surface area contributed by atoms with Crippen molar-refractivity contribution in [2.75, 3.05) is 0 Å². The average Bonchev–Trinajstić information content (AvgIpc) is 2.60. The molecule has 2 rings (SSSR count). The summed E-state index contributed by atoms with van der Waals surface area (Å²) in [5.41, 5.74) is 1.20. The first kappa shape index (κ1) is 26.4. The number of fused-ring (bicyclic) bond motifs is 1. The molecule has 0 aromatic heterocycles. The fourth-order valence-corrected chi connectivity index (χ4v) is 4.33. The summed E-state index contributed by atoms with van der Waals surface area (Å²) >= 11 is 0. The van der Waals surface area contributed by atoms with Gasteiger partial charge >= 0.3 is 35.5 Å². The summed E-state index contributed by atoms with van der Waals surface area (Å²) < 4.78 is 5.83. The van der Waals surface area contributed by atoms with Crippen molar-refractivity contribution >= 4 is 11.9 Å². The average molecular weight is 416 g/mol. The van der Waals surface area contributed by atoms with Crippen LogP contribution in [-0.4, -0.2) is 40.5 Å². The molecule has 6 nitrogen and oxygen atoms in total. The van der Waals surface area contributed by atoms with Crippen LogP contribution in [0.1, 0.15) is 59.3 Å². The standard InChI is InChI=1S/C22H34O6.Na/c1-13(2)22(27)28-19-6-4-5-15-8-7-14(3)18(21(15)19)10-9-16(23)11-17(24)12-20(25)26;/h5,7-8,13-14,16-19,21,23-24H,4,6,9-12H2,1-3H3,(H,25,26);/q;+1/p-1/t14-,16+,17+,18-,19-,21-;/m0./s1. The second-order valence-electron chi connectivity index (χ2n) is 8.52. The Bertz CT molecular complexity index is 614. The van der Waals surface area contributed by atoms with Crippen LogP contribution < -0.4 is 34.7 Å². The number of carboxylic acid groups (broad SMARTS) is 1. The molecule has 0 bridgehead atoms. The van der Waals surface area contributed by atoms with Gasteiger partial charge in [-0.25, -0.2) is 0 Å². The van der Waals surface area contributed by atoms with E-state index in [4.69, 9.17) is 4.74 Å². The van der Waals surface area contributed by atoms with Gasteiger partial charge in [-0.1, -0.05) is 39.0 Å². The predicted octanol–water partition coefficient (Wildman–Crippen LogP) is -1.25. The normalized spacial score (nSPS) is 28.0. The van der Waals surface area contributed by atoms with Crippen molar-refractivity contribution in [3.05, 3.63) is 23.8 Å². The zero-order valence-electron chi connectivity index (χ0n) is 18.0. The molecule has 2 N–H and O–H groups in total. The van der Waals surface area contributed by atoms with E-state index in [2.05, 4.69) is 25.2 Å². The van der Waals surface area contributed by atoms with E-state index in [0.29, 0.717) is 12.8 Å². The first-order valence-corrected chi connectivity index (χ1v) is 10.3. The SMILES string of the molecule is CC(C)C(=O)O[C@H]1CCC=C2C=C[C@H](C)[C@H](CC[C@@H](O)C[C@@H](O)CC(=O)[O-])[C@H]21.[Na+]. The summed E-state index contributed by atoms with van der Waals surface area (Å²) in [6.45, 7) is 5.79. The molecule has 7 heteroatoms. The topological polar surface area (TPSA) is 107 Å². The minimum Gasteiger partial charge on any atom is -0.550 e. The zero-order chi connectivity index (χ0) is 20.8. The number of aliphatic hydroxyl groups excluding tert-OH is 2. The molecule has 0 amide bonds. The molecule has 0 unspecified atom stereocenters. The molecular formula is C22H33NaO6. The Kier molecular flexibility index (Phi) is 11.1. The Hall–Kier alpha value is -0.660. The minimum absolute atomic E-state index is 0. The van der Waals surface area contributed by atoms with E-state index in [-0.39, 0.29) is 71.7 Å². The van der Waals surface area contributed by atoms with Crippen molar-refractivity contribution < 1.29 is 59.2 Å². The Balaban J connectivity index is 0.00000420. The molecule has 0 heterocycles. The maximum atomic E-state index is 12.2.